The van der Waals surface area contributed by atoms with Crippen LogP contribution < -0.4 is 0 Å². The van der Waals surface area contributed by atoms with Gasteiger partial charge in [0.05, 0.1) is 13.2 Å². The Hall–Kier alpha value is -1.32. The molecule has 0 rings (SSSR count). The maximum Gasteiger partial charge on any atom is 0.410 e. The molecule has 0 saturated carbocycles. The topological polar surface area (TPSA) is 46.6 Å². The number of rotatable bonds is 5. The van der Waals surface area contributed by atoms with Crippen LogP contribution in [0.25, 0.3) is 0 Å². The second-order valence-corrected chi connectivity index (χ2v) is 2.57. The molecule has 0 aliphatic heterocycles. The van der Waals surface area contributed by atoms with E-state index >= 15 is 0 Å². The third-order valence-electron chi connectivity index (χ3n) is 1.29. The third kappa shape index (κ3) is 5.00. The molecule has 0 atom stereocenters. The number of hydrogen-bond donors (Lipinski definition) is 0. The van der Waals surface area contributed by atoms with Crippen LogP contribution in [0.3, 0.4) is 0 Å². The number of ether oxygens (including phenoxy) is 1. The predicted molar refractivity (Wildman–Crippen MR) is 49.5 cm³/mol. The van der Waals surface area contributed by atoms with Crippen LogP contribution in [-0.2, 0) is 9.53 Å². The molecule has 0 aromatic carbocycles. The van der Waals surface area contributed by atoms with E-state index in [0.29, 0.717) is 13.2 Å². The van der Waals surface area contributed by atoms with Crippen molar-refractivity contribution in [3.63, 3.8) is 0 Å². The standard InChI is InChI=1S/C9H15NO3/c1-4-6-10(7-8(3)11)9(12)13-5-2/h4H,1,5-7H2,2-3H3. The van der Waals surface area contributed by atoms with Crippen LogP contribution in [0.1, 0.15) is 13.8 Å². The van der Waals surface area contributed by atoms with Crippen LogP contribution in [0.15, 0.2) is 12.7 Å². The van der Waals surface area contributed by atoms with E-state index in [-0.39, 0.29) is 12.3 Å². The SMILES string of the molecule is C=CCN(CC(C)=O)C(=O)OCC. The summed E-state index contributed by atoms with van der Waals surface area (Å²) in [5.74, 6) is -0.0742. The molecule has 0 saturated heterocycles. The summed E-state index contributed by atoms with van der Waals surface area (Å²) in [6, 6.07) is 0. The summed E-state index contributed by atoms with van der Waals surface area (Å²) < 4.78 is 4.74. The fourth-order valence-corrected chi connectivity index (χ4v) is 0.843. The lowest BCUT2D eigenvalue weighted by Crippen LogP contribution is -2.35. The Bertz CT molecular complexity index is 201. The predicted octanol–water partition coefficient (Wildman–Crippen LogP) is 1.22. The maximum atomic E-state index is 11.2. The number of hydrogen-bond acceptors (Lipinski definition) is 3. The Morgan fingerprint density at radius 2 is 2.15 bits per heavy atom. The van der Waals surface area contributed by atoms with Gasteiger partial charge in [-0.25, -0.2) is 4.79 Å². The number of carbonyl (C=O) groups is 2. The highest BCUT2D eigenvalue weighted by Gasteiger charge is 2.13. The van der Waals surface area contributed by atoms with Crippen molar-refractivity contribution in [2.75, 3.05) is 19.7 Å². The Balaban J connectivity index is 4.13. The summed E-state index contributed by atoms with van der Waals surface area (Å²) in [7, 11) is 0. The summed E-state index contributed by atoms with van der Waals surface area (Å²) in [6.07, 6.45) is 1.08. The molecule has 0 aliphatic carbocycles. The van der Waals surface area contributed by atoms with Crippen LogP contribution in [0.4, 0.5) is 4.79 Å². The molecular weight excluding hydrogens is 170 g/mol. The first kappa shape index (κ1) is 11.7. The van der Waals surface area contributed by atoms with Gasteiger partial charge in [0.15, 0.2) is 0 Å². The van der Waals surface area contributed by atoms with Gasteiger partial charge >= 0.3 is 6.09 Å². The van der Waals surface area contributed by atoms with Crippen molar-refractivity contribution in [2.45, 2.75) is 13.8 Å². The molecule has 0 N–H and O–H groups in total. The Kier molecular flexibility index (Phi) is 5.59. The second kappa shape index (κ2) is 6.22. The number of carbonyl (C=O) groups excluding carboxylic acids is 2. The van der Waals surface area contributed by atoms with Crippen LogP contribution in [0, 0.1) is 0 Å². The van der Waals surface area contributed by atoms with E-state index in [1.807, 2.05) is 0 Å². The number of nitrogens with zero attached hydrogens (tertiary/aromatic N) is 1. The minimum Gasteiger partial charge on any atom is -0.450 e. The van der Waals surface area contributed by atoms with Crippen molar-refractivity contribution in [3.05, 3.63) is 12.7 Å². The molecule has 0 heterocycles. The molecule has 0 aliphatic rings. The van der Waals surface area contributed by atoms with Gasteiger partial charge in [0, 0.05) is 6.54 Å². The monoisotopic (exact) mass is 185 g/mol. The second-order valence-electron chi connectivity index (χ2n) is 2.57. The largest absolute Gasteiger partial charge is 0.450 e. The van der Waals surface area contributed by atoms with Crippen molar-refractivity contribution >= 4 is 11.9 Å². The molecule has 1 amide bonds. The molecule has 4 heteroatoms. The van der Waals surface area contributed by atoms with Gasteiger partial charge in [-0.1, -0.05) is 6.08 Å². The molecule has 0 unspecified atom stereocenters. The summed E-state index contributed by atoms with van der Waals surface area (Å²) in [5, 5.41) is 0. The third-order valence-corrected chi connectivity index (χ3v) is 1.29. The van der Waals surface area contributed by atoms with E-state index in [2.05, 4.69) is 6.58 Å². The van der Waals surface area contributed by atoms with E-state index in [1.165, 1.54) is 11.8 Å². The average molecular weight is 185 g/mol. The van der Waals surface area contributed by atoms with Gasteiger partial charge in [-0.15, -0.1) is 6.58 Å². The van der Waals surface area contributed by atoms with Crippen molar-refractivity contribution in [2.24, 2.45) is 0 Å². The summed E-state index contributed by atoms with van der Waals surface area (Å²) in [5.41, 5.74) is 0. The number of ketones is 1. The first-order chi connectivity index (χ1) is 6.11. The van der Waals surface area contributed by atoms with E-state index in [1.54, 1.807) is 13.0 Å². The minimum atomic E-state index is -0.474. The highest BCUT2D eigenvalue weighted by Crippen LogP contribution is 1.94. The Morgan fingerprint density at radius 1 is 1.54 bits per heavy atom. The number of Topliss-reactive ketones (excluding diaryl/α,β-unsaturated/α-hetero) is 1. The number of amides is 1. The Labute approximate surface area is 78.2 Å². The lowest BCUT2D eigenvalue weighted by atomic mass is 10.4. The van der Waals surface area contributed by atoms with Crippen LogP contribution in [0.5, 0.6) is 0 Å². The van der Waals surface area contributed by atoms with Crippen molar-refractivity contribution in [1.29, 1.82) is 0 Å². The van der Waals surface area contributed by atoms with E-state index in [4.69, 9.17) is 4.74 Å². The molecule has 74 valence electrons. The Morgan fingerprint density at radius 3 is 2.54 bits per heavy atom. The lowest BCUT2D eigenvalue weighted by molar-refractivity contribution is -0.117. The average Bonchev–Trinajstić information content (AvgIpc) is 2.03. The lowest BCUT2D eigenvalue weighted by Gasteiger charge is -2.18. The van der Waals surface area contributed by atoms with Gasteiger partial charge in [-0.2, -0.15) is 0 Å². The van der Waals surface area contributed by atoms with Gasteiger partial charge in [0.2, 0.25) is 0 Å². The smallest absolute Gasteiger partial charge is 0.410 e. The molecule has 13 heavy (non-hydrogen) atoms. The van der Waals surface area contributed by atoms with E-state index in [9.17, 15) is 9.59 Å². The first-order valence-electron chi connectivity index (χ1n) is 4.13. The van der Waals surface area contributed by atoms with Crippen LogP contribution >= 0.6 is 0 Å². The van der Waals surface area contributed by atoms with Crippen molar-refractivity contribution < 1.29 is 14.3 Å². The van der Waals surface area contributed by atoms with Gasteiger partial charge in [-0.05, 0) is 13.8 Å². The van der Waals surface area contributed by atoms with Crippen molar-refractivity contribution in [3.8, 4) is 0 Å². The summed E-state index contributed by atoms with van der Waals surface area (Å²) >= 11 is 0. The zero-order chi connectivity index (χ0) is 10.3. The molecule has 0 fully saturated rings. The van der Waals surface area contributed by atoms with Crippen LogP contribution in [0.2, 0.25) is 0 Å². The molecular formula is C9H15NO3. The van der Waals surface area contributed by atoms with Gasteiger partial charge in [0.25, 0.3) is 0 Å². The fraction of sp³-hybridized carbons (Fsp3) is 0.556. The van der Waals surface area contributed by atoms with Crippen molar-refractivity contribution in [1.82, 2.24) is 4.90 Å². The van der Waals surface area contributed by atoms with E-state index in [0.717, 1.165) is 0 Å². The zero-order valence-electron chi connectivity index (χ0n) is 8.08. The van der Waals surface area contributed by atoms with Gasteiger partial charge in [0.1, 0.15) is 5.78 Å². The molecule has 0 bridgehead atoms. The first-order valence-corrected chi connectivity index (χ1v) is 4.13. The summed E-state index contributed by atoms with van der Waals surface area (Å²) in [4.78, 5) is 23.2. The zero-order valence-corrected chi connectivity index (χ0v) is 8.08. The van der Waals surface area contributed by atoms with Gasteiger partial charge < -0.3 is 4.74 Å². The highest BCUT2D eigenvalue weighted by atomic mass is 16.6. The normalized spacial score (nSPS) is 9.08. The van der Waals surface area contributed by atoms with Crippen LogP contribution in [-0.4, -0.2) is 36.5 Å². The molecule has 0 radical (unpaired) electrons. The van der Waals surface area contributed by atoms with Gasteiger partial charge in [-0.3, -0.25) is 9.69 Å². The minimum absolute atomic E-state index is 0.0742. The summed E-state index contributed by atoms with van der Waals surface area (Å²) in [6.45, 7) is 7.35. The quantitative estimate of drug-likeness (QED) is 0.605. The highest BCUT2D eigenvalue weighted by molar-refractivity contribution is 5.82. The maximum absolute atomic E-state index is 11.2. The molecule has 4 nitrogen and oxygen atoms in total. The molecule has 0 aromatic rings. The van der Waals surface area contributed by atoms with E-state index < -0.39 is 6.09 Å². The fourth-order valence-electron chi connectivity index (χ4n) is 0.843. The molecule has 0 spiro atoms. The molecule has 0 aromatic heterocycles.